The van der Waals surface area contributed by atoms with Crippen molar-refractivity contribution in [3.63, 3.8) is 0 Å². The summed E-state index contributed by atoms with van der Waals surface area (Å²) in [4.78, 5) is 2.46. The lowest BCUT2D eigenvalue weighted by atomic mass is 9.81. The van der Waals surface area contributed by atoms with Crippen LogP contribution >= 0.6 is 0 Å². The Hall–Kier alpha value is -6.58. The van der Waals surface area contributed by atoms with Crippen LogP contribution in [0.15, 0.2) is 170 Å². The fraction of sp³-hybridized carbons (Fsp3) is 0.115. The van der Waals surface area contributed by atoms with Gasteiger partial charge in [-0.25, -0.2) is 0 Å². The number of hydrogen-bond donors (Lipinski definition) is 0. The van der Waals surface area contributed by atoms with Crippen molar-refractivity contribution < 1.29 is 4.74 Å². The van der Waals surface area contributed by atoms with Gasteiger partial charge in [-0.15, -0.1) is 0 Å². The van der Waals surface area contributed by atoms with Gasteiger partial charge in [0.05, 0.1) is 17.6 Å². The van der Waals surface area contributed by atoms with Crippen LogP contribution in [0.4, 0.5) is 17.1 Å². The minimum Gasteiger partial charge on any atom is -0.493 e. The number of ether oxygens (including phenoxy) is 1. The summed E-state index contributed by atoms with van der Waals surface area (Å²) in [5, 5.41) is 4.96. The summed E-state index contributed by atoms with van der Waals surface area (Å²) in [5.74, 6) is 1.01. The zero-order valence-corrected chi connectivity index (χ0v) is 31.1. The fourth-order valence-corrected chi connectivity index (χ4v) is 9.40. The van der Waals surface area contributed by atoms with Crippen LogP contribution in [-0.2, 0) is 11.8 Å². The highest BCUT2D eigenvalue weighted by atomic mass is 16.5. The molecule has 1 aliphatic heterocycles. The summed E-state index contributed by atoms with van der Waals surface area (Å²) in [6, 6.07) is 62.8. The van der Waals surface area contributed by atoms with Crippen LogP contribution in [0.5, 0.6) is 5.75 Å². The normalized spacial score (nSPS) is 14.1. The topological polar surface area (TPSA) is 17.4 Å². The third-order valence-electron chi connectivity index (χ3n) is 12.1. The Morgan fingerprint density at radius 2 is 1.27 bits per heavy atom. The Morgan fingerprint density at radius 1 is 0.545 bits per heavy atom. The molecule has 264 valence electrons. The molecule has 2 heterocycles. The number of nitrogens with zero attached hydrogens (tertiary/aromatic N) is 2. The van der Waals surface area contributed by atoms with E-state index >= 15 is 0 Å². The second-order valence-corrected chi connectivity index (χ2v) is 15.6. The van der Waals surface area contributed by atoms with Crippen molar-refractivity contribution >= 4 is 49.6 Å². The number of rotatable bonds is 5. The first-order chi connectivity index (χ1) is 27.0. The average Bonchev–Trinajstić information content (AvgIpc) is 3.69. The Balaban J connectivity index is 1.18. The van der Waals surface area contributed by atoms with Crippen LogP contribution in [0.25, 0.3) is 60.5 Å². The van der Waals surface area contributed by atoms with E-state index in [2.05, 4.69) is 193 Å². The number of fused-ring (bicyclic) bond motifs is 8. The lowest BCUT2D eigenvalue weighted by Crippen LogP contribution is -2.17. The second-order valence-electron chi connectivity index (χ2n) is 15.6. The molecular weight excluding hydrogens is 669 g/mol. The molecule has 2 aliphatic rings. The van der Waals surface area contributed by atoms with Crippen molar-refractivity contribution in [2.75, 3.05) is 11.5 Å². The molecule has 0 fully saturated rings. The number of para-hydroxylation sites is 2. The van der Waals surface area contributed by atoms with Crippen molar-refractivity contribution in [1.29, 1.82) is 0 Å². The summed E-state index contributed by atoms with van der Waals surface area (Å²) in [7, 11) is 0. The van der Waals surface area contributed by atoms with E-state index in [0.29, 0.717) is 0 Å². The van der Waals surface area contributed by atoms with Crippen molar-refractivity contribution in [1.82, 2.24) is 4.57 Å². The molecule has 55 heavy (non-hydrogen) atoms. The number of aromatic nitrogens is 1. The molecule has 3 heteroatoms. The van der Waals surface area contributed by atoms with Gasteiger partial charge in [-0.1, -0.05) is 123 Å². The van der Waals surface area contributed by atoms with Gasteiger partial charge in [0.1, 0.15) is 5.75 Å². The maximum Gasteiger partial charge on any atom is 0.123 e. The van der Waals surface area contributed by atoms with E-state index in [-0.39, 0.29) is 5.41 Å². The molecule has 1 aromatic heterocycles. The third kappa shape index (κ3) is 4.96. The molecule has 0 saturated heterocycles. The Labute approximate surface area is 321 Å². The van der Waals surface area contributed by atoms with Crippen LogP contribution in [0, 0.1) is 0 Å². The lowest BCUT2D eigenvalue weighted by molar-refractivity contribution is 0.288. The van der Waals surface area contributed by atoms with Crippen molar-refractivity contribution in [3.05, 3.63) is 187 Å². The maximum absolute atomic E-state index is 6.27. The minimum absolute atomic E-state index is 0.193. The minimum atomic E-state index is -0.193. The summed E-state index contributed by atoms with van der Waals surface area (Å²) < 4.78 is 8.68. The van der Waals surface area contributed by atoms with Gasteiger partial charge in [0, 0.05) is 38.9 Å². The molecule has 1 aliphatic carbocycles. The highest BCUT2D eigenvalue weighted by Gasteiger charge is 2.38. The van der Waals surface area contributed by atoms with Crippen LogP contribution in [-0.4, -0.2) is 11.2 Å². The van der Waals surface area contributed by atoms with Crippen molar-refractivity contribution in [2.45, 2.75) is 32.1 Å². The van der Waals surface area contributed by atoms with E-state index in [1.54, 1.807) is 0 Å². The molecule has 0 unspecified atom stereocenters. The molecule has 9 aromatic rings. The van der Waals surface area contributed by atoms with Crippen molar-refractivity contribution in [2.24, 2.45) is 0 Å². The zero-order chi connectivity index (χ0) is 36.7. The first-order valence-electron chi connectivity index (χ1n) is 19.4. The predicted octanol–water partition coefficient (Wildman–Crippen LogP) is 13.7. The van der Waals surface area contributed by atoms with E-state index < -0.39 is 0 Å². The molecule has 0 N–H and O–H groups in total. The largest absolute Gasteiger partial charge is 0.493 e. The molecule has 0 amide bonds. The van der Waals surface area contributed by atoms with Crippen LogP contribution in [0.1, 0.15) is 37.0 Å². The monoisotopic (exact) mass is 708 g/mol. The Bertz CT molecular complexity index is 2930. The number of anilines is 3. The Morgan fingerprint density at radius 3 is 2.11 bits per heavy atom. The van der Waals surface area contributed by atoms with Gasteiger partial charge >= 0.3 is 0 Å². The number of benzene rings is 8. The molecule has 3 nitrogen and oxygen atoms in total. The fourth-order valence-electron chi connectivity index (χ4n) is 9.40. The predicted molar refractivity (Wildman–Crippen MR) is 230 cm³/mol. The van der Waals surface area contributed by atoms with Gasteiger partial charge in [0.25, 0.3) is 0 Å². The summed E-state index contributed by atoms with van der Waals surface area (Å²) >= 11 is 0. The van der Waals surface area contributed by atoms with Crippen LogP contribution in [0.3, 0.4) is 0 Å². The molecule has 0 saturated carbocycles. The highest BCUT2D eigenvalue weighted by molar-refractivity contribution is 6.09. The van der Waals surface area contributed by atoms with Gasteiger partial charge in [-0.05, 0) is 123 Å². The van der Waals surface area contributed by atoms with Crippen molar-refractivity contribution in [3.8, 4) is 33.7 Å². The molecule has 0 spiro atoms. The summed E-state index contributed by atoms with van der Waals surface area (Å²) in [6.07, 6.45) is 2.12. The maximum atomic E-state index is 6.27. The van der Waals surface area contributed by atoms with E-state index in [1.807, 2.05) is 0 Å². The molecule has 0 atom stereocenters. The quantitative estimate of drug-likeness (QED) is 0.177. The molecule has 8 aromatic carbocycles. The Kier molecular flexibility index (Phi) is 7.09. The zero-order valence-electron chi connectivity index (χ0n) is 31.1. The van der Waals surface area contributed by atoms with Gasteiger partial charge < -0.3 is 14.2 Å². The summed E-state index contributed by atoms with van der Waals surface area (Å²) in [5.41, 5.74) is 15.7. The third-order valence-corrected chi connectivity index (χ3v) is 12.1. The first kappa shape index (κ1) is 31.9. The van der Waals surface area contributed by atoms with Gasteiger partial charge in [0.15, 0.2) is 0 Å². The van der Waals surface area contributed by atoms with E-state index in [0.717, 1.165) is 47.9 Å². The number of aryl methyl sites for hydroxylation is 1. The van der Waals surface area contributed by atoms with Gasteiger partial charge in [-0.2, -0.15) is 0 Å². The van der Waals surface area contributed by atoms with E-state index in [1.165, 1.54) is 71.5 Å². The van der Waals surface area contributed by atoms with Gasteiger partial charge in [0.2, 0.25) is 0 Å². The lowest BCUT2D eigenvalue weighted by Gasteiger charge is -2.30. The number of hydrogen-bond acceptors (Lipinski definition) is 2. The highest BCUT2D eigenvalue weighted by Crippen LogP contribution is 2.55. The average molecular weight is 709 g/mol. The van der Waals surface area contributed by atoms with Gasteiger partial charge in [-0.3, -0.25) is 0 Å². The smallest absolute Gasteiger partial charge is 0.123 e. The SMILES string of the molecule is CC1(C)c2ccccc2-c2c(-c3ccc4c(c3)OCCC4)cc(N(c3cccc(-n4c5ccccc5c5ccccc54)c3)c3ccc4ccccc4c3)cc21. The summed E-state index contributed by atoms with van der Waals surface area (Å²) in [6.45, 7) is 5.53. The second kappa shape index (κ2) is 12.2. The van der Waals surface area contributed by atoms with Crippen LogP contribution < -0.4 is 9.64 Å². The standard InChI is InChI=1S/C52H40N2O/c1-52(2)46-21-8-5-20-44(46)51-45(37-25-24-35-15-12-28-55-50(35)30-37)32-41(33-47(51)52)53(40-27-26-34-13-3-4-14-36(34)29-40)38-16-11-17-39(31-38)54-48-22-9-6-18-42(48)43-19-7-10-23-49(43)54/h3-11,13-14,16-27,29-33H,12,15,28H2,1-2H3. The molecule has 11 rings (SSSR count). The van der Waals surface area contributed by atoms with E-state index in [9.17, 15) is 0 Å². The molecular formula is C52H40N2O. The van der Waals surface area contributed by atoms with E-state index in [4.69, 9.17) is 4.74 Å². The molecule has 0 radical (unpaired) electrons. The van der Waals surface area contributed by atoms with Crippen LogP contribution in [0.2, 0.25) is 0 Å². The first-order valence-corrected chi connectivity index (χ1v) is 19.4. The molecule has 0 bridgehead atoms.